The predicted molar refractivity (Wildman–Crippen MR) is 111 cm³/mol. The third-order valence-corrected chi connectivity index (χ3v) is 4.76. The minimum Gasteiger partial charge on any atom is -0.378 e. The van der Waals surface area contributed by atoms with Crippen molar-refractivity contribution in [3.8, 4) is 0 Å². The summed E-state index contributed by atoms with van der Waals surface area (Å²) in [6.07, 6.45) is 2.49. The van der Waals surface area contributed by atoms with Crippen LogP contribution in [-0.2, 0) is 4.74 Å². The van der Waals surface area contributed by atoms with E-state index < -0.39 is 0 Å². The van der Waals surface area contributed by atoms with Crippen LogP contribution in [0, 0.1) is 0 Å². The van der Waals surface area contributed by atoms with Crippen molar-refractivity contribution in [2.45, 2.75) is 18.9 Å². The van der Waals surface area contributed by atoms with Gasteiger partial charge in [0.2, 0.25) is 5.95 Å². The van der Waals surface area contributed by atoms with Gasteiger partial charge in [0.1, 0.15) is 5.82 Å². The molecule has 0 unspecified atom stereocenters. The zero-order chi connectivity index (χ0) is 18.6. The first-order chi connectivity index (χ1) is 13.2. The average molecular weight is 363 g/mol. The first kappa shape index (κ1) is 17.5. The van der Waals surface area contributed by atoms with Crippen LogP contribution < -0.4 is 15.5 Å². The quantitative estimate of drug-likeness (QED) is 0.689. The Balaban J connectivity index is 1.58. The molecule has 1 saturated heterocycles. The lowest BCUT2D eigenvalue weighted by Crippen LogP contribution is -2.19. The van der Waals surface area contributed by atoms with Crippen LogP contribution in [0.1, 0.15) is 12.8 Å². The van der Waals surface area contributed by atoms with E-state index in [4.69, 9.17) is 9.72 Å². The fraction of sp³-hybridized carbons (Fsp3) is 0.333. The van der Waals surface area contributed by atoms with Gasteiger partial charge in [-0.3, -0.25) is 0 Å². The molecular formula is C21H25N5O. The van der Waals surface area contributed by atoms with Crippen LogP contribution in [0.25, 0.3) is 10.9 Å². The molecule has 1 aromatic heterocycles. The molecule has 1 aliphatic rings. The summed E-state index contributed by atoms with van der Waals surface area (Å²) < 4.78 is 5.72. The zero-order valence-corrected chi connectivity index (χ0v) is 15.8. The van der Waals surface area contributed by atoms with Crippen molar-refractivity contribution >= 4 is 34.0 Å². The maximum Gasteiger partial charge on any atom is 0.229 e. The van der Waals surface area contributed by atoms with Gasteiger partial charge in [-0.2, -0.15) is 4.98 Å². The molecule has 0 bridgehead atoms. The Morgan fingerprint density at radius 1 is 1.07 bits per heavy atom. The predicted octanol–water partition coefficient (Wildman–Crippen LogP) is 4.03. The van der Waals surface area contributed by atoms with Crippen molar-refractivity contribution in [3.05, 3.63) is 48.5 Å². The fourth-order valence-electron chi connectivity index (χ4n) is 3.26. The fourth-order valence-corrected chi connectivity index (χ4v) is 3.26. The Morgan fingerprint density at radius 3 is 2.63 bits per heavy atom. The molecule has 1 atom stereocenters. The molecule has 6 nitrogen and oxygen atoms in total. The number of hydrogen-bond donors (Lipinski definition) is 2. The van der Waals surface area contributed by atoms with E-state index in [0.29, 0.717) is 5.95 Å². The normalized spacial score (nSPS) is 16.4. The van der Waals surface area contributed by atoms with Gasteiger partial charge in [-0.05, 0) is 49.2 Å². The van der Waals surface area contributed by atoms with E-state index >= 15 is 0 Å². The minimum absolute atomic E-state index is 0.258. The standard InChI is InChI=1S/C21H25N5O/c1-26(2)16-11-9-15(10-12-16)23-21-24-19-8-4-3-7-18(19)20(25-21)22-14-17-6-5-13-27-17/h3-4,7-12,17H,5-6,13-14H2,1-2H3,(H2,22,23,24,25)/t17-/m0/s1. The third kappa shape index (κ3) is 4.11. The number of nitrogens with zero attached hydrogens (tertiary/aromatic N) is 3. The Labute approximate surface area is 159 Å². The highest BCUT2D eigenvalue weighted by Crippen LogP contribution is 2.25. The highest BCUT2D eigenvalue weighted by atomic mass is 16.5. The first-order valence-electron chi connectivity index (χ1n) is 9.36. The van der Waals surface area contributed by atoms with Crippen molar-refractivity contribution in [2.75, 3.05) is 42.8 Å². The molecule has 1 fully saturated rings. The van der Waals surface area contributed by atoms with E-state index in [1.165, 1.54) is 0 Å². The Bertz CT molecular complexity index is 904. The molecule has 0 spiro atoms. The molecule has 27 heavy (non-hydrogen) atoms. The first-order valence-corrected chi connectivity index (χ1v) is 9.36. The number of hydrogen-bond acceptors (Lipinski definition) is 6. The molecule has 4 rings (SSSR count). The largest absolute Gasteiger partial charge is 0.378 e. The van der Waals surface area contributed by atoms with Gasteiger partial charge in [0, 0.05) is 44.0 Å². The number of rotatable bonds is 6. The van der Waals surface area contributed by atoms with Crippen LogP contribution in [0.15, 0.2) is 48.5 Å². The number of fused-ring (bicyclic) bond motifs is 1. The topological polar surface area (TPSA) is 62.3 Å². The molecule has 140 valence electrons. The third-order valence-electron chi connectivity index (χ3n) is 4.76. The summed E-state index contributed by atoms with van der Waals surface area (Å²) in [5, 5.41) is 7.79. The van der Waals surface area contributed by atoms with E-state index in [1.54, 1.807) is 0 Å². The highest BCUT2D eigenvalue weighted by molar-refractivity contribution is 5.90. The van der Waals surface area contributed by atoms with Crippen LogP contribution in [0.4, 0.5) is 23.1 Å². The van der Waals surface area contributed by atoms with E-state index in [0.717, 1.165) is 54.1 Å². The Kier molecular flexibility index (Phi) is 5.07. The smallest absolute Gasteiger partial charge is 0.229 e. The molecule has 2 aromatic carbocycles. The SMILES string of the molecule is CN(C)c1ccc(Nc2nc(NC[C@@H]3CCCO3)c3ccccc3n2)cc1. The van der Waals surface area contributed by atoms with Gasteiger partial charge in [0.15, 0.2) is 0 Å². The van der Waals surface area contributed by atoms with Gasteiger partial charge in [-0.1, -0.05) is 12.1 Å². The molecule has 0 aliphatic carbocycles. The van der Waals surface area contributed by atoms with Crippen molar-refractivity contribution in [1.29, 1.82) is 0 Å². The van der Waals surface area contributed by atoms with E-state index in [1.807, 2.05) is 50.5 Å². The van der Waals surface area contributed by atoms with Crippen molar-refractivity contribution in [2.24, 2.45) is 0 Å². The Hall–Kier alpha value is -2.86. The molecular weight excluding hydrogens is 338 g/mol. The minimum atomic E-state index is 0.258. The zero-order valence-electron chi connectivity index (χ0n) is 15.8. The van der Waals surface area contributed by atoms with Crippen molar-refractivity contribution < 1.29 is 4.74 Å². The summed E-state index contributed by atoms with van der Waals surface area (Å²) in [7, 11) is 4.06. The summed E-state index contributed by atoms with van der Waals surface area (Å²) >= 11 is 0. The van der Waals surface area contributed by atoms with Crippen LogP contribution >= 0.6 is 0 Å². The van der Waals surface area contributed by atoms with Gasteiger partial charge >= 0.3 is 0 Å². The van der Waals surface area contributed by atoms with E-state index in [9.17, 15) is 0 Å². The van der Waals surface area contributed by atoms with Gasteiger partial charge in [-0.15, -0.1) is 0 Å². The highest BCUT2D eigenvalue weighted by Gasteiger charge is 2.16. The number of anilines is 4. The monoisotopic (exact) mass is 363 g/mol. The lowest BCUT2D eigenvalue weighted by Gasteiger charge is -2.15. The lowest BCUT2D eigenvalue weighted by atomic mass is 10.2. The molecule has 3 aromatic rings. The van der Waals surface area contributed by atoms with Crippen LogP contribution in [-0.4, -0.2) is 43.3 Å². The second kappa shape index (κ2) is 7.80. The average Bonchev–Trinajstić information content (AvgIpc) is 3.20. The summed E-state index contributed by atoms with van der Waals surface area (Å²) in [5.41, 5.74) is 3.02. The molecule has 2 heterocycles. The number of ether oxygens (including phenoxy) is 1. The maximum absolute atomic E-state index is 5.72. The van der Waals surface area contributed by atoms with Crippen molar-refractivity contribution in [3.63, 3.8) is 0 Å². The van der Waals surface area contributed by atoms with Crippen LogP contribution in [0.5, 0.6) is 0 Å². The number of nitrogens with one attached hydrogen (secondary N) is 2. The Morgan fingerprint density at radius 2 is 1.89 bits per heavy atom. The maximum atomic E-state index is 5.72. The summed E-state index contributed by atoms with van der Waals surface area (Å²) in [5.74, 6) is 1.42. The molecule has 0 amide bonds. The number of para-hydroxylation sites is 1. The number of benzene rings is 2. The summed E-state index contributed by atoms with van der Waals surface area (Å²) in [6, 6.07) is 16.3. The van der Waals surface area contributed by atoms with Crippen LogP contribution in [0.2, 0.25) is 0 Å². The van der Waals surface area contributed by atoms with E-state index in [-0.39, 0.29) is 6.10 Å². The molecule has 2 N–H and O–H groups in total. The molecule has 6 heteroatoms. The summed E-state index contributed by atoms with van der Waals surface area (Å²) in [4.78, 5) is 11.5. The molecule has 1 aliphatic heterocycles. The van der Waals surface area contributed by atoms with Gasteiger partial charge in [-0.25, -0.2) is 4.98 Å². The van der Waals surface area contributed by atoms with Gasteiger partial charge < -0.3 is 20.3 Å². The summed E-state index contributed by atoms with van der Waals surface area (Å²) in [6.45, 7) is 1.62. The van der Waals surface area contributed by atoms with Gasteiger partial charge in [0.05, 0.1) is 11.6 Å². The van der Waals surface area contributed by atoms with Crippen LogP contribution in [0.3, 0.4) is 0 Å². The second-order valence-corrected chi connectivity index (χ2v) is 7.00. The molecule has 0 radical (unpaired) electrons. The lowest BCUT2D eigenvalue weighted by molar-refractivity contribution is 0.120. The second-order valence-electron chi connectivity index (χ2n) is 7.00. The van der Waals surface area contributed by atoms with E-state index in [2.05, 4.69) is 32.7 Å². The van der Waals surface area contributed by atoms with Gasteiger partial charge in [0.25, 0.3) is 0 Å². The van der Waals surface area contributed by atoms with Crippen molar-refractivity contribution in [1.82, 2.24) is 9.97 Å². The molecule has 0 saturated carbocycles. The number of aromatic nitrogens is 2.